The van der Waals surface area contributed by atoms with Crippen LogP contribution in [0.3, 0.4) is 0 Å². The Hall–Kier alpha value is -8.74. The maximum atomic E-state index is 12.2. The van der Waals surface area contributed by atoms with Gasteiger partial charge in [0.05, 0.1) is 124 Å². The second-order valence-corrected chi connectivity index (χ2v) is 34.2. The van der Waals surface area contributed by atoms with E-state index in [1.54, 1.807) is 27.7 Å². The van der Waals surface area contributed by atoms with Gasteiger partial charge >= 0.3 is 73.8 Å². The molecule has 11 rings (SSSR count). The molecule has 0 radical (unpaired) electrons. The van der Waals surface area contributed by atoms with Crippen LogP contribution in [0, 0.1) is 136 Å². The number of ketones is 2. The molecule has 0 aromatic rings. The number of carbonyl (C=O) groups excluding carboxylic acids is 8. The Balaban J connectivity index is -0.000000173. The first-order chi connectivity index (χ1) is 64.2. The summed E-state index contributed by atoms with van der Waals surface area (Å²) in [4.78, 5) is 152. The topological polar surface area (TPSA) is 808 Å². The van der Waals surface area contributed by atoms with Crippen molar-refractivity contribution >= 4 is 64.6 Å². The average molecular weight is 2260 g/mol. The fourth-order valence-corrected chi connectivity index (χ4v) is 13.8. The smallest absolute Gasteiger partial charge is 0.534 e. The Morgan fingerprint density at radius 2 is 0.694 bits per heavy atom. The van der Waals surface area contributed by atoms with Gasteiger partial charge in [-0.05, 0) is 218 Å². The minimum Gasteiger partial charge on any atom is -0.693 e. The van der Waals surface area contributed by atoms with Crippen LogP contribution in [0.15, 0.2) is 23.4 Å². The maximum absolute atomic E-state index is 12.2. The predicted molar refractivity (Wildman–Crippen MR) is 498 cm³/mol. The molecule has 5 heterocycles. The molecule has 144 heavy (non-hydrogen) atoms. The number of allylic oxidation sites excluding steroid dienone is 4. The van der Waals surface area contributed by atoms with Gasteiger partial charge in [0, 0.05) is 126 Å². The van der Waals surface area contributed by atoms with Crippen LogP contribution in [0.2, 0.25) is 0 Å². The molecular formula is C83H159BCeF3N10O45S-. The van der Waals surface area contributed by atoms with Crippen LogP contribution >= 0.6 is 0 Å². The normalized spacial score (nSPS) is 20.5. The second-order valence-electron chi connectivity index (χ2n) is 32.7. The van der Waals surface area contributed by atoms with Crippen LogP contribution in [0.1, 0.15) is 294 Å². The molecule has 55 nitrogen and oxygen atoms in total. The van der Waals surface area contributed by atoms with Crippen molar-refractivity contribution in [3.63, 3.8) is 0 Å². The zero-order valence-electron chi connectivity index (χ0n) is 81.7. The zero-order valence-corrected chi connectivity index (χ0v) is 85.6. The molecule has 5 aliphatic heterocycles. The first-order valence-electron chi connectivity index (χ1n) is 44.0. The van der Waals surface area contributed by atoms with Gasteiger partial charge in [-0.15, -0.1) is 60.7 Å². The van der Waals surface area contributed by atoms with E-state index in [0.717, 1.165) is 96.1 Å². The fourth-order valence-electron chi connectivity index (χ4n) is 13.2. The molecule has 0 bridgehead atoms. The van der Waals surface area contributed by atoms with Crippen molar-refractivity contribution in [3.8, 4) is 0 Å². The number of hydrogen-bond donors (Lipinski definition) is 8. The van der Waals surface area contributed by atoms with Crippen LogP contribution in [0.25, 0.3) is 6.15 Å². The van der Waals surface area contributed by atoms with Crippen LogP contribution in [0.5, 0.6) is 0 Å². The molecule has 2 atom stereocenters. The number of alkyl halides is 3. The number of hydrogen-bond acceptors (Lipinski definition) is 45. The second kappa shape index (κ2) is 82.2. The number of aliphatic hydroxyl groups is 2. The van der Waals surface area contributed by atoms with E-state index in [-0.39, 0.29) is 205 Å². The molecular weight excluding hydrogens is 2100 g/mol. The largest absolute Gasteiger partial charge is 0.693 e. The third-order valence-corrected chi connectivity index (χ3v) is 22.8. The monoisotopic (exact) mass is 2260 g/mol. The number of nitrogens with zero attached hydrogens (tertiary/aromatic N) is 6. The minimum atomic E-state index is -5.65. The zero-order chi connectivity index (χ0) is 107. The Kier molecular flexibility index (Phi) is 88.8. The molecule has 0 aromatic carbocycles. The number of aliphatic hydroxyl groups excluding tert-OH is 2. The molecule has 0 aromatic heterocycles. The number of nitrogens with two attached hydrogens (primary N) is 4. The number of ether oxygens (including phenoxy) is 12. The Bertz CT molecular complexity index is 3680. The molecule has 4 saturated carbocycles. The van der Waals surface area contributed by atoms with Crippen molar-refractivity contribution in [1.82, 2.24) is 0 Å². The molecule has 5 saturated heterocycles. The molecule has 2 spiro atoms. The summed E-state index contributed by atoms with van der Waals surface area (Å²) >= 11 is 0. The van der Waals surface area contributed by atoms with E-state index in [4.69, 9.17) is 153 Å². The molecule has 6 aliphatic carbocycles. The molecule has 0 amide bonds. The standard InChI is InChI=1S/C16H27BO4.C12H20O4.C11H15F3O5S.C11H18O4.C10H16O3.C9H14O3.2C4H8O.C2H6O2.4CH4.Ce.3H2N2O3.3HNO3.H2N/c1-7-19-13(18)16(6)10-8-12(9-11-16)17-20-14(2,3)15(4,5)21-17;1-3-14-10(13)11(2)4-6-12(7-5-11)15-8-9-16-12;1-3-18-9(15)10(2)6-4-8(5-7-10)19-20(16,17)11(12,13)14;1-2-13-10(12)9-3-5-11(6-4-9)14-7-8-15-11;1-3-13-9(12)10(2)6-4-8(11)5-7-10;1-2-12-9(11)7-3-5-8(10)6-4-7;2*1-2-4-5-3-1;3-1-2-4;;;;;;3*1-5-2(3)4;3*2-1(3)4;/h8H,7,9-11H2,1-6H3;3-9H2,1-2H3;4H,3,5-7H2,1-2H3;9H,2-8H2,1H3;3-7H2,1-2H3;7H,2-6H2,1H3;2*1-4H2;3-4H,1-2H2;4*1H4;;3*1H2;3*(H,2,3,4);1H2/q;;;;;;;;;;;;;;;;;;;;-1. The molecule has 11 aliphatic rings. The summed E-state index contributed by atoms with van der Waals surface area (Å²) in [6, 6.07) is 0. The summed E-state index contributed by atoms with van der Waals surface area (Å²) < 4.78 is 137. The first kappa shape index (κ1) is 155. The number of rotatable bonds is 19. The number of halogens is 3. The third-order valence-electron chi connectivity index (χ3n) is 21.8. The Morgan fingerprint density at radius 3 is 0.944 bits per heavy atom. The molecule has 846 valence electrons. The van der Waals surface area contributed by atoms with Crippen molar-refractivity contribution in [2.45, 2.75) is 322 Å². The maximum Gasteiger partial charge on any atom is 0.534 e. The summed E-state index contributed by atoms with van der Waals surface area (Å²) in [5, 5.41) is 79.4. The van der Waals surface area contributed by atoms with Gasteiger partial charge in [-0.25, -0.2) is 14.8 Å². The Labute approximate surface area is 871 Å². The van der Waals surface area contributed by atoms with E-state index in [1.807, 2.05) is 41.5 Å². The summed E-state index contributed by atoms with van der Waals surface area (Å²) in [5.41, 5.74) is -7.00. The van der Waals surface area contributed by atoms with Crippen LogP contribution in [-0.2, 0) is 134 Å². The van der Waals surface area contributed by atoms with E-state index >= 15 is 0 Å². The number of Topliss-reactive ketones (excluding diaryl/α,β-unsaturated/α-hetero) is 2. The van der Waals surface area contributed by atoms with Crippen molar-refractivity contribution in [2.24, 2.45) is 51.2 Å². The van der Waals surface area contributed by atoms with E-state index in [0.29, 0.717) is 117 Å². The number of carbonyl (C=O) groups is 8. The van der Waals surface area contributed by atoms with E-state index in [2.05, 4.69) is 70.5 Å². The molecule has 9 fully saturated rings. The van der Waals surface area contributed by atoms with Crippen LogP contribution in [-0.4, -0.2) is 253 Å². The summed E-state index contributed by atoms with van der Waals surface area (Å²) in [6.45, 7) is 35.3. The SMILES string of the molecule is C.C.C.C.C1CCOC1.C1CCOC1.CCOC(=O)C1(C)CC=C(B2OC(C)(C)C(C)(C)O2)CC1.CCOC(=O)C1(C)CC=C(OS(=O)(=O)C(F)(F)F)CC1.CCOC(=O)C1(C)CCC(=O)CC1.CCOC(=O)C1(C)CCC2(CC1)OCCO2.CCOC(=O)C1CCC(=O)CC1.CCOC(=O)C1CCC2(CC1)OCCO2.NO[N+](=O)[O-].NO[N+](=O)[O-].NO[N+](=O)[O-].O=[N+]([O-])O.O=[N+]([O-])O.O=[N+]([O-])O.OCCO.[Ce].[NH2-]. The van der Waals surface area contributed by atoms with Gasteiger partial charge in [-0.2, -0.15) is 39.3 Å². The summed E-state index contributed by atoms with van der Waals surface area (Å²) in [7, 11) is -5.94. The van der Waals surface area contributed by atoms with Gasteiger partial charge in [0.25, 0.3) is 15.3 Å². The van der Waals surface area contributed by atoms with Crippen LogP contribution in [0.4, 0.5) is 13.2 Å². The fraction of sp³-hybridized carbons (Fsp3) is 0.855. The van der Waals surface area contributed by atoms with Crippen molar-refractivity contribution in [3.05, 3.63) is 90.2 Å². The minimum absolute atomic E-state index is 0. The quantitative estimate of drug-likeness (QED) is 0.0113. The van der Waals surface area contributed by atoms with Gasteiger partial charge in [0.15, 0.2) is 11.6 Å². The van der Waals surface area contributed by atoms with Crippen molar-refractivity contribution in [2.75, 3.05) is 106 Å². The van der Waals surface area contributed by atoms with Gasteiger partial charge in [0.1, 0.15) is 17.3 Å². The summed E-state index contributed by atoms with van der Waals surface area (Å²) in [6.07, 6.45) is 22.0. The molecule has 2 unspecified atom stereocenters. The van der Waals surface area contributed by atoms with Gasteiger partial charge < -0.3 is 102 Å². The van der Waals surface area contributed by atoms with Crippen molar-refractivity contribution in [1.29, 1.82) is 0 Å². The van der Waals surface area contributed by atoms with E-state index in [1.165, 1.54) is 31.8 Å². The first-order valence-corrected chi connectivity index (χ1v) is 45.4. The van der Waals surface area contributed by atoms with Gasteiger partial charge in [-0.1, -0.05) is 35.8 Å². The third kappa shape index (κ3) is 67.9. The number of esters is 6. The predicted octanol–water partition coefficient (Wildman–Crippen LogP) is 12.1. The molecule has 61 heteroatoms. The van der Waals surface area contributed by atoms with Crippen molar-refractivity contribution < 1.29 is 243 Å². The van der Waals surface area contributed by atoms with E-state index < -0.39 is 74.1 Å². The van der Waals surface area contributed by atoms with Gasteiger partial charge in [0.2, 0.25) is 0 Å². The molecule has 13 N–H and O–H groups in total. The van der Waals surface area contributed by atoms with Gasteiger partial charge in [-0.3, -0.25) is 38.4 Å². The van der Waals surface area contributed by atoms with Crippen LogP contribution < -0.4 is 17.7 Å². The average Bonchev–Trinajstić information content (AvgIpc) is 1.62. The van der Waals surface area contributed by atoms with E-state index in [9.17, 15) is 59.9 Å². The Morgan fingerprint density at radius 1 is 0.431 bits per heavy atom. The summed E-state index contributed by atoms with van der Waals surface area (Å²) in [5.74, 6) is 10.4.